The topological polar surface area (TPSA) is 35.5 Å². The van der Waals surface area contributed by atoms with Crippen molar-refractivity contribution in [1.29, 1.82) is 0 Å². The van der Waals surface area contributed by atoms with Crippen molar-refractivity contribution in [2.75, 3.05) is 13.2 Å². The van der Waals surface area contributed by atoms with Crippen LogP contribution in [0.1, 0.15) is 64.4 Å². The van der Waals surface area contributed by atoms with Crippen LogP contribution >= 0.6 is 0 Å². The molecule has 0 aliphatic carbocycles. The molecule has 0 radical (unpaired) electrons. The molecule has 0 unspecified atom stereocenters. The molecule has 0 spiro atoms. The van der Waals surface area contributed by atoms with E-state index in [0.717, 1.165) is 17.7 Å². The van der Waals surface area contributed by atoms with Crippen LogP contribution < -0.4 is 4.74 Å². The van der Waals surface area contributed by atoms with Gasteiger partial charge in [0, 0.05) is 12.0 Å². The molecule has 0 bridgehead atoms. The predicted octanol–water partition coefficient (Wildman–Crippen LogP) is 5.39. The summed E-state index contributed by atoms with van der Waals surface area (Å²) in [5.74, 6) is 0.720. The van der Waals surface area contributed by atoms with Crippen LogP contribution in [0, 0.1) is 0 Å². The van der Waals surface area contributed by atoms with Gasteiger partial charge in [0.15, 0.2) is 0 Å². The van der Waals surface area contributed by atoms with Gasteiger partial charge in [-0.3, -0.25) is 4.79 Å². The Labute approximate surface area is 140 Å². The summed E-state index contributed by atoms with van der Waals surface area (Å²) < 4.78 is 10.7. The molecule has 0 saturated heterocycles. The highest BCUT2D eigenvalue weighted by Gasteiger charge is 2.03. The van der Waals surface area contributed by atoms with Crippen LogP contribution in [0.4, 0.5) is 0 Å². The van der Waals surface area contributed by atoms with Crippen LogP contribution in [0.15, 0.2) is 30.3 Å². The third-order valence-corrected chi connectivity index (χ3v) is 3.53. The second kappa shape index (κ2) is 12.7. The number of carbonyl (C=O) groups is 1. The number of hydrogen-bond acceptors (Lipinski definition) is 3. The van der Waals surface area contributed by atoms with Crippen molar-refractivity contribution in [3.8, 4) is 5.75 Å². The van der Waals surface area contributed by atoms with E-state index in [1.54, 1.807) is 0 Å². The number of hydrogen-bond donors (Lipinski definition) is 0. The van der Waals surface area contributed by atoms with E-state index in [9.17, 15) is 4.79 Å². The number of para-hydroxylation sites is 1. The lowest BCUT2D eigenvalue weighted by Gasteiger charge is -2.09. The van der Waals surface area contributed by atoms with Crippen molar-refractivity contribution in [1.82, 2.24) is 0 Å². The summed E-state index contributed by atoms with van der Waals surface area (Å²) in [6.07, 6.45) is 11.7. The largest absolute Gasteiger partial charge is 0.493 e. The smallest absolute Gasteiger partial charge is 0.305 e. The number of carbonyl (C=O) groups excluding carboxylic acids is 1. The highest BCUT2D eigenvalue weighted by atomic mass is 16.5. The lowest BCUT2D eigenvalue weighted by atomic mass is 10.1. The molecule has 1 rings (SSSR count). The van der Waals surface area contributed by atoms with Gasteiger partial charge in [0.1, 0.15) is 5.75 Å². The third-order valence-electron chi connectivity index (χ3n) is 3.53. The summed E-state index contributed by atoms with van der Waals surface area (Å²) in [5, 5.41) is 0. The summed E-state index contributed by atoms with van der Waals surface area (Å²) >= 11 is 0. The van der Waals surface area contributed by atoms with Crippen LogP contribution in [0.2, 0.25) is 0 Å². The normalized spacial score (nSPS) is 10.9. The zero-order valence-corrected chi connectivity index (χ0v) is 14.6. The Morgan fingerprint density at radius 2 is 1.91 bits per heavy atom. The van der Waals surface area contributed by atoms with Gasteiger partial charge in [-0.2, -0.15) is 0 Å². The molecule has 0 heterocycles. The summed E-state index contributed by atoms with van der Waals surface area (Å²) in [7, 11) is 0. The van der Waals surface area contributed by atoms with Crippen LogP contribution in [0.25, 0.3) is 6.08 Å². The molecule has 128 valence electrons. The van der Waals surface area contributed by atoms with E-state index in [1.807, 2.05) is 25.1 Å². The Kier molecular flexibility index (Phi) is 10.7. The maximum absolute atomic E-state index is 11.3. The molecule has 0 aliphatic heterocycles. The van der Waals surface area contributed by atoms with Gasteiger partial charge in [0.2, 0.25) is 0 Å². The molecule has 0 N–H and O–H groups in total. The first-order valence-corrected chi connectivity index (χ1v) is 8.82. The van der Waals surface area contributed by atoms with E-state index in [4.69, 9.17) is 9.47 Å². The minimum Gasteiger partial charge on any atom is -0.493 e. The first-order valence-electron chi connectivity index (χ1n) is 8.82. The van der Waals surface area contributed by atoms with E-state index >= 15 is 0 Å². The molecule has 0 amide bonds. The highest BCUT2D eigenvalue weighted by Crippen LogP contribution is 2.20. The molecule has 0 fully saturated rings. The summed E-state index contributed by atoms with van der Waals surface area (Å²) in [6, 6.07) is 8.02. The van der Waals surface area contributed by atoms with Gasteiger partial charge in [0.05, 0.1) is 13.2 Å². The molecule has 0 atom stereocenters. The van der Waals surface area contributed by atoms with E-state index in [-0.39, 0.29) is 5.97 Å². The molecule has 1 aromatic carbocycles. The molecule has 3 nitrogen and oxygen atoms in total. The number of allylic oxidation sites excluding steroid dienone is 1. The van der Waals surface area contributed by atoms with Crippen molar-refractivity contribution < 1.29 is 14.3 Å². The highest BCUT2D eigenvalue weighted by molar-refractivity contribution is 5.69. The quantitative estimate of drug-likeness (QED) is 0.383. The van der Waals surface area contributed by atoms with Gasteiger partial charge in [-0.25, -0.2) is 0 Å². The Morgan fingerprint density at radius 1 is 1.09 bits per heavy atom. The molecule has 0 saturated carbocycles. The third kappa shape index (κ3) is 9.07. The average molecular weight is 318 g/mol. The van der Waals surface area contributed by atoms with Crippen molar-refractivity contribution >= 4 is 12.0 Å². The van der Waals surface area contributed by atoms with Crippen molar-refractivity contribution in [2.24, 2.45) is 0 Å². The molecule has 3 heteroatoms. The maximum atomic E-state index is 11.3. The van der Waals surface area contributed by atoms with E-state index in [2.05, 4.69) is 25.1 Å². The lowest BCUT2D eigenvalue weighted by molar-refractivity contribution is -0.143. The summed E-state index contributed by atoms with van der Waals surface area (Å²) in [6.45, 7) is 5.01. The van der Waals surface area contributed by atoms with E-state index < -0.39 is 0 Å². The molecule has 1 aromatic rings. The predicted molar refractivity (Wildman–Crippen MR) is 95.6 cm³/mol. The maximum Gasteiger partial charge on any atom is 0.305 e. The Balaban J connectivity index is 2.35. The zero-order chi connectivity index (χ0) is 16.8. The molecular weight excluding hydrogens is 288 g/mol. The van der Waals surface area contributed by atoms with Crippen LogP contribution in [0.5, 0.6) is 5.75 Å². The SMILES string of the molecule is CCCCCCC=Cc1ccccc1OCCCC(=O)OCC. The van der Waals surface area contributed by atoms with Crippen LogP contribution in [0.3, 0.4) is 0 Å². The molecular formula is C20H30O3. The minimum atomic E-state index is -0.156. The van der Waals surface area contributed by atoms with Crippen molar-refractivity contribution in [3.05, 3.63) is 35.9 Å². The minimum absolute atomic E-state index is 0.156. The fourth-order valence-corrected chi connectivity index (χ4v) is 2.28. The number of ether oxygens (including phenoxy) is 2. The fraction of sp³-hybridized carbons (Fsp3) is 0.550. The second-order valence-corrected chi connectivity index (χ2v) is 5.55. The van der Waals surface area contributed by atoms with Crippen molar-refractivity contribution in [2.45, 2.75) is 58.8 Å². The van der Waals surface area contributed by atoms with Gasteiger partial charge >= 0.3 is 5.97 Å². The Morgan fingerprint density at radius 3 is 2.70 bits per heavy atom. The Hall–Kier alpha value is -1.77. The van der Waals surface area contributed by atoms with Gasteiger partial charge < -0.3 is 9.47 Å². The first-order chi connectivity index (χ1) is 11.3. The number of unbranched alkanes of at least 4 members (excludes halogenated alkanes) is 4. The number of esters is 1. The molecule has 0 aliphatic rings. The summed E-state index contributed by atoms with van der Waals surface area (Å²) in [5.41, 5.74) is 1.10. The molecule has 0 aromatic heterocycles. The zero-order valence-electron chi connectivity index (χ0n) is 14.6. The summed E-state index contributed by atoms with van der Waals surface area (Å²) in [4.78, 5) is 11.3. The first kappa shape index (κ1) is 19.3. The van der Waals surface area contributed by atoms with Crippen LogP contribution in [-0.4, -0.2) is 19.2 Å². The van der Waals surface area contributed by atoms with E-state index in [0.29, 0.717) is 26.1 Å². The molecule has 23 heavy (non-hydrogen) atoms. The fourth-order valence-electron chi connectivity index (χ4n) is 2.28. The van der Waals surface area contributed by atoms with Gasteiger partial charge in [-0.15, -0.1) is 0 Å². The van der Waals surface area contributed by atoms with Crippen LogP contribution in [-0.2, 0) is 9.53 Å². The van der Waals surface area contributed by atoms with E-state index in [1.165, 1.54) is 25.7 Å². The average Bonchev–Trinajstić information content (AvgIpc) is 2.56. The Bertz CT molecular complexity index is 466. The second-order valence-electron chi connectivity index (χ2n) is 5.55. The number of rotatable bonds is 12. The van der Waals surface area contributed by atoms with Gasteiger partial charge in [0.25, 0.3) is 0 Å². The number of benzene rings is 1. The van der Waals surface area contributed by atoms with Crippen molar-refractivity contribution in [3.63, 3.8) is 0 Å². The standard InChI is InChI=1S/C20H30O3/c1-3-5-6-7-8-9-13-18-14-10-11-15-19(18)23-17-12-16-20(21)22-4-2/h9-11,13-15H,3-8,12,16-17H2,1-2H3. The monoisotopic (exact) mass is 318 g/mol. The van der Waals surface area contributed by atoms with Gasteiger partial charge in [-0.05, 0) is 32.3 Å². The lowest BCUT2D eigenvalue weighted by Crippen LogP contribution is -2.07. The van der Waals surface area contributed by atoms with Gasteiger partial charge in [-0.1, -0.05) is 56.5 Å².